The Balaban J connectivity index is 2.73. The predicted molar refractivity (Wildman–Crippen MR) is 60.9 cm³/mol. The van der Waals surface area contributed by atoms with Crippen LogP contribution >= 0.6 is 12.2 Å². The van der Waals surface area contributed by atoms with E-state index in [1.165, 1.54) is 0 Å². The van der Waals surface area contributed by atoms with Crippen molar-refractivity contribution in [1.82, 2.24) is 10.2 Å². The Morgan fingerprint density at radius 2 is 2.43 bits per heavy atom. The second-order valence-corrected chi connectivity index (χ2v) is 3.94. The van der Waals surface area contributed by atoms with Gasteiger partial charge >= 0.3 is 0 Å². The average molecular weight is 212 g/mol. The van der Waals surface area contributed by atoms with E-state index in [-0.39, 0.29) is 11.9 Å². The van der Waals surface area contributed by atoms with Gasteiger partial charge in [-0.15, -0.1) is 6.58 Å². The minimum Gasteiger partial charge on any atom is -0.350 e. The zero-order valence-electron chi connectivity index (χ0n) is 8.62. The van der Waals surface area contributed by atoms with Crippen LogP contribution in [0.1, 0.15) is 20.3 Å². The van der Waals surface area contributed by atoms with E-state index >= 15 is 0 Å². The third-order valence-electron chi connectivity index (χ3n) is 2.58. The van der Waals surface area contributed by atoms with Crippen molar-refractivity contribution in [2.24, 2.45) is 5.92 Å². The van der Waals surface area contributed by atoms with E-state index in [2.05, 4.69) is 25.7 Å². The molecular weight excluding hydrogens is 196 g/mol. The standard InChI is InChI=1S/C10H16N2OS/c1-4-6-12-9(13)8(7(3)5-2)11-10(12)14/h4,7-8H,1,5-6H2,2-3H3,(H,11,14)/t7-,8-/m0/s1. The summed E-state index contributed by atoms with van der Waals surface area (Å²) in [5.41, 5.74) is 0. The molecule has 0 aromatic heterocycles. The Labute approximate surface area is 90.2 Å². The van der Waals surface area contributed by atoms with Crippen molar-refractivity contribution < 1.29 is 4.79 Å². The molecule has 1 N–H and O–H groups in total. The van der Waals surface area contributed by atoms with E-state index < -0.39 is 0 Å². The summed E-state index contributed by atoms with van der Waals surface area (Å²) in [7, 11) is 0. The summed E-state index contributed by atoms with van der Waals surface area (Å²) in [6.45, 7) is 8.22. The van der Waals surface area contributed by atoms with Gasteiger partial charge in [0.25, 0.3) is 5.91 Å². The summed E-state index contributed by atoms with van der Waals surface area (Å²) in [4.78, 5) is 13.4. The van der Waals surface area contributed by atoms with Crippen LogP contribution in [-0.4, -0.2) is 28.5 Å². The normalized spacial score (nSPS) is 23.6. The summed E-state index contributed by atoms with van der Waals surface area (Å²) in [5, 5.41) is 3.58. The number of thiocarbonyl (C=S) groups is 1. The highest BCUT2D eigenvalue weighted by atomic mass is 32.1. The molecule has 0 bridgehead atoms. The van der Waals surface area contributed by atoms with Gasteiger partial charge in [0, 0.05) is 6.54 Å². The molecule has 14 heavy (non-hydrogen) atoms. The van der Waals surface area contributed by atoms with Gasteiger partial charge < -0.3 is 5.32 Å². The lowest BCUT2D eigenvalue weighted by atomic mass is 9.99. The highest BCUT2D eigenvalue weighted by molar-refractivity contribution is 7.80. The molecule has 0 saturated carbocycles. The number of hydrogen-bond donors (Lipinski definition) is 1. The van der Waals surface area contributed by atoms with Gasteiger partial charge in [-0.05, 0) is 18.1 Å². The zero-order chi connectivity index (χ0) is 10.7. The minimum absolute atomic E-state index is 0.0734. The number of nitrogens with zero attached hydrogens (tertiary/aromatic N) is 1. The predicted octanol–water partition coefficient (Wildman–Crippen LogP) is 1.30. The molecule has 1 amide bonds. The monoisotopic (exact) mass is 212 g/mol. The number of hydrogen-bond acceptors (Lipinski definition) is 2. The average Bonchev–Trinajstić information content (AvgIpc) is 2.45. The smallest absolute Gasteiger partial charge is 0.251 e. The van der Waals surface area contributed by atoms with Crippen LogP contribution in [-0.2, 0) is 4.79 Å². The summed E-state index contributed by atoms with van der Waals surface area (Å²) < 4.78 is 0. The van der Waals surface area contributed by atoms with E-state index in [0.29, 0.717) is 17.6 Å². The van der Waals surface area contributed by atoms with Gasteiger partial charge in [-0.3, -0.25) is 9.69 Å². The van der Waals surface area contributed by atoms with Gasteiger partial charge in [-0.25, -0.2) is 0 Å². The van der Waals surface area contributed by atoms with Crippen molar-refractivity contribution in [3.8, 4) is 0 Å². The first kappa shape index (κ1) is 11.2. The Hall–Kier alpha value is -0.900. The van der Waals surface area contributed by atoms with Crippen molar-refractivity contribution in [2.45, 2.75) is 26.3 Å². The highest BCUT2D eigenvalue weighted by Gasteiger charge is 2.37. The second-order valence-electron chi connectivity index (χ2n) is 3.55. The third kappa shape index (κ3) is 1.95. The lowest BCUT2D eigenvalue weighted by Gasteiger charge is -2.15. The largest absolute Gasteiger partial charge is 0.350 e. The molecule has 0 aliphatic carbocycles. The molecule has 1 aliphatic heterocycles. The maximum atomic E-state index is 11.8. The number of carbonyl (C=O) groups excluding carboxylic acids is 1. The van der Waals surface area contributed by atoms with Gasteiger partial charge in [0.05, 0.1) is 0 Å². The van der Waals surface area contributed by atoms with Crippen LogP contribution in [0.25, 0.3) is 0 Å². The van der Waals surface area contributed by atoms with Crippen LogP contribution in [0.5, 0.6) is 0 Å². The fourth-order valence-corrected chi connectivity index (χ4v) is 1.76. The van der Waals surface area contributed by atoms with Crippen molar-refractivity contribution in [2.75, 3.05) is 6.54 Å². The first-order chi connectivity index (χ1) is 6.61. The topological polar surface area (TPSA) is 32.3 Å². The maximum absolute atomic E-state index is 11.8. The SMILES string of the molecule is C=CCN1C(=O)[C@H]([C@@H](C)CC)NC1=S. The van der Waals surface area contributed by atoms with E-state index in [0.717, 1.165) is 6.42 Å². The Kier molecular flexibility index (Phi) is 3.63. The number of carbonyl (C=O) groups is 1. The van der Waals surface area contributed by atoms with Crippen molar-refractivity contribution >= 4 is 23.2 Å². The van der Waals surface area contributed by atoms with Gasteiger partial charge in [-0.1, -0.05) is 26.3 Å². The summed E-state index contributed by atoms with van der Waals surface area (Å²) in [6, 6.07) is -0.146. The van der Waals surface area contributed by atoms with Gasteiger partial charge in [-0.2, -0.15) is 0 Å². The quantitative estimate of drug-likeness (QED) is 0.563. The van der Waals surface area contributed by atoms with E-state index in [4.69, 9.17) is 12.2 Å². The fourth-order valence-electron chi connectivity index (χ4n) is 1.46. The van der Waals surface area contributed by atoms with Crippen LogP contribution in [0.4, 0.5) is 0 Å². The molecule has 78 valence electrons. The summed E-state index contributed by atoms with van der Waals surface area (Å²) >= 11 is 5.07. The summed E-state index contributed by atoms with van der Waals surface area (Å²) in [6.07, 6.45) is 2.65. The van der Waals surface area contributed by atoms with Crippen molar-refractivity contribution in [1.29, 1.82) is 0 Å². The number of rotatable bonds is 4. The molecule has 1 rings (SSSR count). The molecule has 4 heteroatoms. The first-order valence-corrected chi connectivity index (χ1v) is 5.25. The van der Waals surface area contributed by atoms with Gasteiger partial charge in [0.15, 0.2) is 5.11 Å². The number of nitrogens with one attached hydrogen (secondary N) is 1. The van der Waals surface area contributed by atoms with Crippen LogP contribution in [0.3, 0.4) is 0 Å². The molecule has 1 fully saturated rings. The Morgan fingerprint density at radius 3 is 2.93 bits per heavy atom. The molecule has 2 atom stereocenters. The Morgan fingerprint density at radius 1 is 1.79 bits per heavy atom. The Bertz CT molecular complexity index is 265. The lowest BCUT2D eigenvalue weighted by molar-refractivity contribution is -0.127. The third-order valence-corrected chi connectivity index (χ3v) is 2.92. The fraction of sp³-hybridized carbons (Fsp3) is 0.600. The molecule has 0 aromatic carbocycles. The molecule has 3 nitrogen and oxygen atoms in total. The molecule has 1 heterocycles. The maximum Gasteiger partial charge on any atom is 0.251 e. The van der Waals surface area contributed by atoms with Crippen LogP contribution in [0.2, 0.25) is 0 Å². The van der Waals surface area contributed by atoms with Crippen LogP contribution < -0.4 is 5.32 Å². The van der Waals surface area contributed by atoms with E-state index in [9.17, 15) is 4.79 Å². The molecule has 0 aromatic rings. The number of amides is 1. The lowest BCUT2D eigenvalue weighted by Crippen LogP contribution is -2.35. The van der Waals surface area contributed by atoms with Crippen molar-refractivity contribution in [3.63, 3.8) is 0 Å². The first-order valence-electron chi connectivity index (χ1n) is 4.84. The molecule has 0 radical (unpaired) electrons. The molecule has 1 saturated heterocycles. The van der Waals surface area contributed by atoms with Crippen molar-refractivity contribution in [3.05, 3.63) is 12.7 Å². The molecular formula is C10H16N2OS. The highest BCUT2D eigenvalue weighted by Crippen LogP contribution is 2.16. The van der Waals surface area contributed by atoms with Crippen LogP contribution in [0, 0.1) is 5.92 Å². The zero-order valence-corrected chi connectivity index (χ0v) is 9.43. The summed E-state index contributed by atoms with van der Waals surface area (Å²) in [5.74, 6) is 0.388. The molecule has 0 unspecified atom stereocenters. The molecule has 0 spiro atoms. The molecule has 1 aliphatic rings. The van der Waals surface area contributed by atoms with Gasteiger partial charge in [0.2, 0.25) is 0 Å². The minimum atomic E-state index is -0.146. The van der Waals surface area contributed by atoms with Crippen LogP contribution in [0.15, 0.2) is 12.7 Å². The second kappa shape index (κ2) is 4.55. The van der Waals surface area contributed by atoms with Gasteiger partial charge in [0.1, 0.15) is 6.04 Å². The van der Waals surface area contributed by atoms with E-state index in [1.807, 2.05) is 0 Å². The van der Waals surface area contributed by atoms with E-state index in [1.54, 1.807) is 11.0 Å².